The number of esters is 1. The van der Waals surface area contributed by atoms with Gasteiger partial charge in [-0.2, -0.15) is 9.78 Å². The maximum Gasteiger partial charge on any atom is 0.352 e. The van der Waals surface area contributed by atoms with Crippen LogP contribution in [0, 0.1) is 12.8 Å². The molecule has 9 nitrogen and oxygen atoms in total. The van der Waals surface area contributed by atoms with Crippen molar-refractivity contribution in [3.8, 4) is 5.69 Å². The van der Waals surface area contributed by atoms with E-state index in [4.69, 9.17) is 16.3 Å². The molecule has 2 aromatic carbocycles. The van der Waals surface area contributed by atoms with Crippen molar-refractivity contribution < 1.29 is 14.3 Å². The third-order valence-corrected chi connectivity index (χ3v) is 6.52. The molecule has 0 bridgehead atoms. The number of nitrogens with zero attached hydrogens (tertiary/aromatic N) is 4. The number of benzene rings is 2. The molecule has 0 aliphatic carbocycles. The minimum Gasteiger partial charge on any atom is -0.466 e. The second-order valence-corrected chi connectivity index (χ2v) is 9.11. The molecule has 1 amide bonds. The zero-order valence-electron chi connectivity index (χ0n) is 20.1. The van der Waals surface area contributed by atoms with Crippen molar-refractivity contribution in [1.29, 1.82) is 0 Å². The Labute approximate surface area is 212 Å². The van der Waals surface area contributed by atoms with Gasteiger partial charge >= 0.3 is 11.7 Å². The van der Waals surface area contributed by atoms with Gasteiger partial charge in [0.15, 0.2) is 0 Å². The second-order valence-electron chi connectivity index (χ2n) is 8.70. The quantitative estimate of drug-likeness (QED) is 0.472. The summed E-state index contributed by atoms with van der Waals surface area (Å²) in [5, 5.41) is 4.60. The standard InChI is InChI=1S/C26H27ClN4O5/c1-3-36-25(34)19-8-6-14-29(15-19)23(32)22-24(33)30(16-18-7-4-5-9-21(18)27)26(35)31(28-22)20-12-10-17(2)11-13-20/h4-5,7,9-13,19H,3,6,8,14-16H2,1-2H3/t19-/m0/s1. The highest BCUT2D eigenvalue weighted by molar-refractivity contribution is 6.31. The van der Waals surface area contributed by atoms with Crippen molar-refractivity contribution in [3.05, 3.63) is 91.2 Å². The average molecular weight is 511 g/mol. The number of ether oxygens (including phenoxy) is 1. The Kier molecular flexibility index (Phi) is 7.69. The van der Waals surface area contributed by atoms with Crippen molar-refractivity contribution in [3.63, 3.8) is 0 Å². The largest absolute Gasteiger partial charge is 0.466 e. The zero-order chi connectivity index (χ0) is 25.8. The number of likely N-dealkylation sites (tertiary alicyclic amines) is 1. The summed E-state index contributed by atoms with van der Waals surface area (Å²) in [4.78, 5) is 54.1. The van der Waals surface area contributed by atoms with Crippen LogP contribution in [0.1, 0.15) is 41.4 Å². The highest BCUT2D eigenvalue weighted by Gasteiger charge is 2.32. The third kappa shape index (κ3) is 5.26. The van der Waals surface area contributed by atoms with E-state index in [2.05, 4.69) is 5.10 Å². The van der Waals surface area contributed by atoms with E-state index in [1.807, 2.05) is 19.1 Å². The molecule has 10 heteroatoms. The van der Waals surface area contributed by atoms with E-state index < -0.39 is 28.8 Å². The molecule has 1 atom stereocenters. The van der Waals surface area contributed by atoms with Crippen molar-refractivity contribution in [2.75, 3.05) is 19.7 Å². The molecule has 2 heterocycles. The predicted octanol–water partition coefficient (Wildman–Crippen LogP) is 2.82. The van der Waals surface area contributed by atoms with Crippen LogP contribution in [-0.4, -0.2) is 50.8 Å². The molecule has 1 aliphatic heterocycles. The summed E-state index contributed by atoms with van der Waals surface area (Å²) < 4.78 is 7.14. The maximum atomic E-state index is 13.5. The molecule has 36 heavy (non-hydrogen) atoms. The number of amides is 1. The van der Waals surface area contributed by atoms with Crippen molar-refractivity contribution in [1.82, 2.24) is 19.2 Å². The summed E-state index contributed by atoms with van der Waals surface area (Å²) in [6, 6.07) is 13.9. The van der Waals surface area contributed by atoms with Crippen LogP contribution in [0.15, 0.2) is 58.1 Å². The highest BCUT2D eigenvalue weighted by atomic mass is 35.5. The number of aromatic nitrogens is 3. The van der Waals surface area contributed by atoms with Crippen LogP contribution >= 0.6 is 11.6 Å². The number of piperidine rings is 1. The molecule has 0 saturated carbocycles. The molecular weight excluding hydrogens is 484 g/mol. The van der Waals surface area contributed by atoms with E-state index in [1.54, 1.807) is 43.3 Å². The summed E-state index contributed by atoms with van der Waals surface area (Å²) in [5.41, 5.74) is 0.0434. The Morgan fingerprint density at radius 2 is 1.83 bits per heavy atom. The number of hydrogen-bond acceptors (Lipinski definition) is 6. The van der Waals surface area contributed by atoms with E-state index in [-0.39, 0.29) is 25.7 Å². The molecule has 0 unspecified atom stereocenters. The van der Waals surface area contributed by atoms with Gasteiger partial charge in [-0.15, -0.1) is 0 Å². The van der Waals surface area contributed by atoms with Gasteiger partial charge in [-0.3, -0.25) is 19.0 Å². The number of carbonyl (C=O) groups is 2. The van der Waals surface area contributed by atoms with Gasteiger partial charge in [0.05, 0.1) is 24.8 Å². The van der Waals surface area contributed by atoms with Gasteiger partial charge in [0, 0.05) is 18.1 Å². The van der Waals surface area contributed by atoms with E-state index in [1.165, 1.54) is 4.90 Å². The Hall–Kier alpha value is -3.72. The van der Waals surface area contributed by atoms with Crippen LogP contribution in [-0.2, 0) is 16.1 Å². The molecular formula is C26H27ClN4O5. The number of halogens is 1. The van der Waals surface area contributed by atoms with E-state index >= 15 is 0 Å². The molecule has 1 saturated heterocycles. The summed E-state index contributed by atoms with van der Waals surface area (Å²) in [6.07, 6.45) is 1.18. The smallest absolute Gasteiger partial charge is 0.352 e. The molecule has 1 aromatic heterocycles. The van der Waals surface area contributed by atoms with Crippen molar-refractivity contribution in [2.45, 2.75) is 33.2 Å². The Balaban J connectivity index is 1.79. The summed E-state index contributed by atoms with van der Waals surface area (Å²) in [5.74, 6) is -1.48. The lowest BCUT2D eigenvalue weighted by atomic mass is 9.98. The highest BCUT2D eigenvalue weighted by Crippen LogP contribution is 2.19. The first-order valence-electron chi connectivity index (χ1n) is 11.8. The minimum absolute atomic E-state index is 0.118. The molecule has 1 aliphatic rings. The van der Waals surface area contributed by atoms with Crippen LogP contribution in [0.2, 0.25) is 5.02 Å². The SMILES string of the molecule is CCOC(=O)[C@H]1CCCN(C(=O)c2nn(-c3ccc(C)cc3)c(=O)n(Cc3ccccc3Cl)c2=O)C1. The Bertz CT molecular complexity index is 1400. The molecule has 1 fully saturated rings. The van der Waals surface area contributed by atoms with Gasteiger partial charge in [-0.25, -0.2) is 4.79 Å². The molecule has 0 N–H and O–H groups in total. The van der Waals surface area contributed by atoms with Crippen LogP contribution < -0.4 is 11.2 Å². The average Bonchev–Trinajstić information content (AvgIpc) is 2.88. The van der Waals surface area contributed by atoms with Gasteiger partial charge < -0.3 is 9.64 Å². The minimum atomic E-state index is -0.813. The Morgan fingerprint density at radius 1 is 1.11 bits per heavy atom. The topological polar surface area (TPSA) is 104 Å². The Morgan fingerprint density at radius 3 is 2.53 bits per heavy atom. The third-order valence-electron chi connectivity index (χ3n) is 6.16. The van der Waals surface area contributed by atoms with Crippen molar-refractivity contribution in [2.24, 2.45) is 5.92 Å². The van der Waals surface area contributed by atoms with Crippen LogP contribution in [0.4, 0.5) is 0 Å². The zero-order valence-corrected chi connectivity index (χ0v) is 20.9. The predicted molar refractivity (Wildman–Crippen MR) is 135 cm³/mol. The number of aryl methyl sites for hydroxylation is 1. The van der Waals surface area contributed by atoms with E-state index in [9.17, 15) is 19.2 Å². The normalized spacial score (nSPS) is 15.5. The first kappa shape index (κ1) is 25.4. The molecule has 188 valence electrons. The molecule has 4 rings (SSSR count). The summed E-state index contributed by atoms with van der Waals surface area (Å²) in [6.45, 7) is 4.24. The van der Waals surface area contributed by atoms with Crippen LogP contribution in [0.25, 0.3) is 5.69 Å². The number of rotatable bonds is 6. The summed E-state index contributed by atoms with van der Waals surface area (Å²) >= 11 is 6.29. The second kappa shape index (κ2) is 10.9. The van der Waals surface area contributed by atoms with Gasteiger partial charge in [0.2, 0.25) is 5.69 Å². The summed E-state index contributed by atoms with van der Waals surface area (Å²) in [7, 11) is 0. The van der Waals surface area contributed by atoms with Crippen molar-refractivity contribution >= 4 is 23.5 Å². The monoisotopic (exact) mass is 510 g/mol. The van der Waals surface area contributed by atoms with Gasteiger partial charge in [0.1, 0.15) is 0 Å². The number of hydrogen-bond donors (Lipinski definition) is 0. The lowest BCUT2D eigenvalue weighted by molar-refractivity contribution is -0.149. The molecule has 0 radical (unpaired) electrons. The lowest BCUT2D eigenvalue weighted by Gasteiger charge is -2.31. The fraction of sp³-hybridized carbons (Fsp3) is 0.346. The van der Waals surface area contributed by atoms with E-state index in [0.29, 0.717) is 35.7 Å². The first-order chi connectivity index (χ1) is 17.3. The fourth-order valence-electron chi connectivity index (χ4n) is 4.20. The lowest BCUT2D eigenvalue weighted by Crippen LogP contribution is -2.49. The van der Waals surface area contributed by atoms with Crippen LogP contribution in [0.5, 0.6) is 0 Å². The van der Waals surface area contributed by atoms with Crippen LogP contribution in [0.3, 0.4) is 0 Å². The molecule has 0 spiro atoms. The first-order valence-corrected chi connectivity index (χ1v) is 12.2. The van der Waals surface area contributed by atoms with Gasteiger partial charge in [0.25, 0.3) is 11.5 Å². The molecule has 3 aromatic rings. The van der Waals surface area contributed by atoms with Gasteiger partial charge in [-0.1, -0.05) is 47.5 Å². The maximum absolute atomic E-state index is 13.5. The van der Waals surface area contributed by atoms with E-state index in [0.717, 1.165) is 14.8 Å². The fourth-order valence-corrected chi connectivity index (χ4v) is 4.40. The number of carbonyl (C=O) groups excluding carboxylic acids is 2. The van der Waals surface area contributed by atoms with Gasteiger partial charge in [-0.05, 0) is 50.5 Å².